The van der Waals surface area contributed by atoms with Gasteiger partial charge in [-0.1, -0.05) is 12.1 Å². The van der Waals surface area contributed by atoms with Gasteiger partial charge in [0.25, 0.3) is 5.91 Å². The van der Waals surface area contributed by atoms with Crippen molar-refractivity contribution in [3.63, 3.8) is 0 Å². The number of rotatable bonds is 6. The number of nitrogens with one attached hydrogen (secondary N) is 1. The van der Waals surface area contributed by atoms with Crippen molar-refractivity contribution in [1.29, 1.82) is 0 Å². The van der Waals surface area contributed by atoms with E-state index in [4.69, 9.17) is 4.74 Å². The summed E-state index contributed by atoms with van der Waals surface area (Å²) in [4.78, 5) is 18.0. The SMILES string of the molecule is COc1cccc(CNC(=O)c2nc3c(s2)CCN(S(=O)(=O)C2CC2)CC3)c1. The van der Waals surface area contributed by atoms with Crippen molar-refractivity contribution in [1.82, 2.24) is 14.6 Å². The molecule has 1 N–H and O–H groups in total. The molecule has 1 aromatic heterocycles. The lowest BCUT2D eigenvalue weighted by Gasteiger charge is -2.19. The van der Waals surface area contributed by atoms with Gasteiger partial charge in [-0.25, -0.2) is 17.7 Å². The first kappa shape index (κ1) is 19.4. The Kier molecular flexibility index (Phi) is 5.39. The zero-order valence-electron chi connectivity index (χ0n) is 15.7. The highest BCUT2D eigenvalue weighted by molar-refractivity contribution is 7.90. The zero-order chi connectivity index (χ0) is 19.7. The van der Waals surface area contributed by atoms with Gasteiger partial charge in [0, 0.05) is 30.9 Å². The molecule has 1 aliphatic heterocycles. The van der Waals surface area contributed by atoms with E-state index in [1.54, 1.807) is 11.4 Å². The van der Waals surface area contributed by atoms with Gasteiger partial charge in [0.2, 0.25) is 10.0 Å². The van der Waals surface area contributed by atoms with E-state index in [1.807, 2.05) is 24.3 Å². The molecule has 2 aliphatic rings. The largest absolute Gasteiger partial charge is 0.497 e. The highest BCUT2D eigenvalue weighted by atomic mass is 32.2. The highest BCUT2D eigenvalue weighted by Gasteiger charge is 2.40. The fraction of sp³-hybridized carbons (Fsp3) is 0.474. The van der Waals surface area contributed by atoms with Crippen LogP contribution in [0.4, 0.5) is 0 Å². The van der Waals surface area contributed by atoms with Crippen LogP contribution in [0, 0.1) is 0 Å². The first-order valence-electron chi connectivity index (χ1n) is 9.36. The average Bonchev–Trinajstić information content (AvgIpc) is 3.51. The van der Waals surface area contributed by atoms with Gasteiger partial charge in [-0.3, -0.25) is 4.79 Å². The van der Waals surface area contributed by atoms with Crippen molar-refractivity contribution in [2.24, 2.45) is 0 Å². The number of nitrogens with zero attached hydrogens (tertiary/aromatic N) is 2. The van der Waals surface area contributed by atoms with Crippen LogP contribution in [0.1, 0.15) is 38.8 Å². The second-order valence-corrected chi connectivity index (χ2v) is 10.4. The number of benzene rings is 1. The van der Waals surface area contributed by atoms with E-state index in [-0.39, 0.29) is 11.2 Å². The minimum absolute atomic E-state index is 0.186. The molecule has 0 unspecified atom stereocenters. The van der Waals surface area contributed by atoms with Crippen molar-refractivity contribution in [3.8, 4) is 5.75 Å². The topological polar surface area (TPSA) is 88.6 Å². The normalized spacial score (nSPS) is 17.6. The molecular formula is C19H23N3O4S2. The minimum Gasteiger partial charge on any atom is -0.497 e. The van der Waals surface area contributed by atoms with Crippen LogP contribution < -0.4 is 10.1 Å². The van der Waals surface area contributed by atoms with Gasteiger partial charge >= 0.3 is 0 Å². The third kappa shape index (κ3) is 4.06. The number of sulfonamides is 1. The Hall–Kier alpha value is -1.97. The quantitative estimate of drug-likeness (QED) is 0.770. The number of carbonyl (C=O) groups excluding carboxylic acids is 1. The van der Waals surface area contributed by atoms with Crippen LogP contribution in [-0.4, -0.2) is 49.1 Å². The molecule has 1 saturated carbocycles. The summed E-state index contributed by atoms with van der Waals surface area (Å²) in [5, 5.41) is 3.15. The van der Waals surface area contributed by atoms with E-state index in [0.717, 1.165) is 34.7 Å². The maximum absolute atomic E-state index is 12.5. The molecule has 1 aromatic carbocycles. The Morgan fingerprint density at radius 3 is 2.86 bits per heavy atom. The highest BCUT2D eigenvalue weighted by Crippen LogP contribution is 2.32. The molecule has 2 heterocycles. The van der Waals surface area contributed by atoms with Crippen molar-refractivity contribution < 1.29 is 17.9 Å². The third-order valence-electron chi connectivity index (χ3n) is 5.05. The molecule has 0 radical (unpaired) electrons. The van der Waals surface area contributed by atoms with Crippen LogP contribution in [0.15, 0.2) is 24.3 Å². The van der Waals surface area contributed by atoms with Crippen LogP contribution in [0.5, 0.6) is 5.75 Å². The summed E-state index contributed by atoms with van der Waals surface area (Å²) in [5.41, 5.74) is 1.80. The van der Waals surface area contributed by atoms with Gasteiger partial charge in [0.05, 0.1) is 18.1 Å². The fourth-order valence-electron chi connectivity index (χ4n) is 3.31. The lowest BCUT2D eigenvalue weighted by molar-refractivity contribution is 0.0950. The molecule has 1 fully saturated rings. The Morgan fingerprint density at radius 2 is 2.11 bits per heavy atom. The van der Waals surface area contributed by atoms with E-state index >= 15 is 0 Å². The van der Waals surface area contributed by atoms with Gasteiger partial charge in [-0.2, -0.15) is 0 Å². The van der Waals surface area contributed by atoms with Crippen LogP contribution >= 0.6 is 11.3 Å². The summed E-state index contributed by atoms with van der Waals surface area (Å²) in [6.45, 7) is 1.31. The van der Waals surface area contributed by atoms with Gasteiger partial charge in [-0.15, -0.1) is 11.3 Å². The summed E-state index contributed by atoms with van der Waals surface area (Å²) >= 11 is 1.37. The van der Waals surface area contributed by atoms with E-state index in [9.17, 15) is 13.2 Å². The maximum atomic E-state index is 12.5. The van der Waals surface area contributed by atoms with Crippen molar-refractivity contribution in [2.45, 2.75) is 37.5 Å². The first-order chi connectivity index (χ1) is 13.5. The first-order valence-corrected chi connectivity index (χ1v) is 11.7. The molecular weight excluding hydrogens is 398 g/mol. The summed E-state index contributed by atoms with van der Waals surface area (Å²) in [6, 6.07) is 7.55. The Labute approximate surface area is 168 Å². The molecule has 0 atom stereocenters. The number of thiazole rings is 1. The monoisotopic (exact) mass is 421 g/mol. The molecule has 1 amide bonds. The van der Waals surface area contributed by atoms with Gasteiger partial charge in [0.1, 0.15) is 5.75 Å². The smallest absolute Gasteiger partial charge is 0.280 e. The molecule has 150 valence electrons. The summed E-state index contributed by atoms with van der Waals surface area (Å²) in [7, 11) is -1.55. The number of fused-ring (bicyclic) bond motifs is 1. The molecule has 9 heteroatoms. The number of ether oxygens (including phenoxy) is 1. The number of hydrogen-bond donors (Lipinski definition) is 1. The number of aromatic nitrogens is 1. The van der Waals surface area contributed by atoms with Crippen LogP contribution in [0.3, 0.4) is 0 Å². The van der Waals surface area contributed by atoms with Crippen LogP contribution in [0.25, 0.3) is 0 Å². The number of amides is 1. The van der Waals surface area contributed by atoms with Crippen molar-refractivity contribution in [3.05, 3.63) is 45.4 Å². The Balaban J connectivity index is 1.38. The molecule has 7 nitrogen and oxygen atoms in total. The Morgan fingerprint density at radius 1 is 1.32 bits per heavy atom. The summed E-state index contributed by atoms with van der Waals surface area (Å²) in [6.07, 6.45) is 2.72. The predicted octanol–water partition coefficient (Wildman–Crippen LogP) is 1.97. The molecule has 2 aromatic rings. The van der Waals surface area contributed by atoms with Gasteiger partial charge in [0.15, 0.2) is 5.01 Å². The molecule has 4 rings (SSSR count). The molecule has 0 saturated heterocycles. The lowest BCUT2D eigenvalue weighted by Crippen LogP contribution is -2.35. The molecule has 28 heavy (non-hydrogen) atoms. The van der Waals surface area contributed by atoms with Crippen molar-refractivity contribution >= 4 is 27.3 Å². The standard InChI is InChI=1S/C19H23N3O4S2/c1-26-14-4-2-3-13(11-14)12-20-18(23)19-21-16-7-9-22(10-8-17(16)27-19)28(24,25)15-5-6-15/h2-4,11,15H,5-10,12H2,1H3,(H,20,23). The van der Waals surface area contributed by atoms with Crippen LogP contribution in [0.2, 0.25) is 0 Å². The van der Waals surface area contributed by atoms with E-state index in [1.165, 1.54) is 11.3 Å². The van der Waals surface area contributed by atoms with Gasteiger partial charge < -0.3 is 10.1 Å². The summed E-state index contributed by atoms with van der Waals surface area (Å²) < 4.78 is 31.7. The average molecular weight is 422 g/mol. The van der Waals surface area contributed by atoms with E-state index in [2.05, 4.69) is 10.3 Å². The minimum atomic E-state index is -3.16. The number of carbonyl (C=O) groups is 1. The summed E-state index contributed by atoms with van der Waals surface area (Å²) in [5.74, 6) is 0.543. The van der Waals surface area contributed by atoms with Gasteiger partial charge in [-0.05, 0) is 37.0 Å². The van der Waals surface area contributed by atoms with E-state index < -0.39 is 10.0 Å². The predicted molar refractivity (Wildman–Crippen MR) is 107 cm³/mol. The van der Waals surface area contributed by atoms with E-state index in [0.29, 0.717) is 37.5 Å². The van der Waals surface area contributed by atoms with Crippen LogP contribution in [-0.2, 0) is 29.4 Å². The number of hydrogen-bond acceptors (Lipinski definition) is 6. The lowest BCUT2D eigenvalue weighted by atomic mass is 10.2. The fourth-order valence-corrected chi connectivity index (χ4v) is 6.17. The second kappa shape index (κ2) is 7.81. The molecule has 0 spiro atoms. The Bertz CT molecular complexity index is 957. The third-order valence-corrected chi connectivity index (χ3v) is 8.61. The molecule has 0 bridgehead atoms. The van der Waals surface area contributed by atoms with Crippen molar-refractivity contribution in [2.75, 3.05) is 20.2 Å². The second-order valence-electron chi connectivity index (χ2n) is 7.07. The maximum Gasteiger partial charge on any atom is 0.280 e. The molecule has 1 aliphatic carbocycles. The number of methoxy groups -OCH3 is 1. The zero-order valence-corrected chi connectivity index (χ0v) is 17.3.